The van der Waals surface area contributed by atoms with Crippen LogP contribution in [-0.4, -0.2) is 53.1 Å². The summed E-state index contributed by atoms with van der Waals surface area (Å²) in [6.45, 7) is 10.4. The van der Waals surface area contributed by atoms with Crippen molar-refractivity contribution in [1.82, 2.24) is 20.1 Å². The monoisotopic (exact) mass is 486 g/mol. The molecule has 10 heteroatoms. The number of fused-ring (bicyclic) bond motifs is 1. The molecule has 2 unspecified atom stereocenters. The largest absolute Gasteiger partial charge is 0.344 e. The third kappa shape index (κ3) is 4.69. The van der Waals surface area contributed by atoms with E-state index in [-0.39, 0.29) is 29.1 Å². The van der Waals surface area contributed by atoms with Gasteiger partial charge in [-0.05, 0) is 56.2 Å². The number of hydrogen-bond acceptors (Lipinski definition) is 5. The Morgan fingerprint density at radius 2 is 1.81 bits per heavy atom. The number of piperidine rings is 1. The van der Waals surface area contributed by atoms with Gasteiger partial charge in [-0.15, -0.1) is 0 Å². The highest BCUT2D eigenvalue weighted by Crippen LogP contribution is 2.65. The lowest BCUT2D eigenvalue weighted by molar-refractivity contribution is -0.145. The van der Waals surface area contributed by atoms with Crippen LogP contribution in [0, 0.1) is 28.6 Å². The number of carbonyl (C=O) groups excluding carboxylic acids is 4. The standard InChI is InChI=1S/C22H36ClN4O4P/c1-21(2,3)17(25-23)20(31)27-10-12-14(22(12,4)5)15(27)18(29)24-13(9-11-7-6-8-11)16(28)19(30)26-32/h11-15,17,25H,6-10,32H2,1-5H3,(H,24,29)(H,26,30)/t12-,13?,14-,15-,17+/m0/s1. The van der Waals surface area contributed by atoms with E-state index in [1.165, 1.54) is 0 Å². The molecular formula is C22H36ClN4O4P. The average molecular weight is 487 g/mol. The normalized spacial score (nSPS) is 28.2. The summed E-state index contributed by atoms with van der Waals surface area (Å²) in [6, 6.07) is -2.24. The lowest BCUT2D eigenvalue weighted by atomic mass is 9.80. The lowest BCUT2D eigenvalue weighted by Crippen LogP contribution is -2.59. The van der Waals surface area contributed by atoms with Gasteiger partial charge in [-0.2, -0.15) is 0 Å². The zero-order valence-electron chi connectivity index (χ0n) is 19.5. The summed E-state index contributed by atoms with van der Waals surface area (Å²) in [5, 5.41) is 5.13. The van der Waals surface area contributed by atoms with Gasteiger partial charge in [-0.1, -0.05) is 53.9 Å². The zero-order valence-corrected chi connectivity index (χ0v) is 21.4. The molecule has 0 aromatic heterocycles. The minimum absolute atomic E-state index is 0.0115. The second kappa shape index (κ2) is 9.19. The predicted octanol–water partition coefficient (Wildman–Crippen LogP) is 1.78. The smallest absolute Gasteiger partial charge is 0.292 e. The SMILES string of the molecule is CC(C)(C)[C@H](NCl)C(=O)N1C[C@H]2[C@@H]([C@H]1C(=O)NC(CC1CCC1)C(=O)C(=O)NP)C2(C)C. The topological polar surface area (TPSA) is 108 Å². The lowest BCUT2D eigenvalue weighted by Gasteiger charge is -2.37. The van der Waals surface area contributed by atoms with E-state index in [0.29, 0.717) is 18.9 Å². The zero-order chi connectivity index (χ0) is 24.0. The molecule has 3 N–H and O–H groups in total. The molecule has 3 amide bonds. The highest BCUT2D eigenvalue weighted by Gasteiger charge is 2.69. The highest BCUT2D eigenvalue weighted by atomic mass is 35.5. The van der Waals surface area contributed by atoms with Gasteiger partial charge in [0.2, 0.25) is 17.6 Å². The Hall–Kier alpha value is -1.24. The van der Waals surface area contributed by atoms with Gasteiger partial charge in [0.15, 0.2) is 0 Å². The number of hydrogen-bond donors (Lipinski definition) is 3. The first-order valence-electron chi connectivity index (χ1n) is 11.4. The summed E-state index contributed by atoms with van der Waals surface area (Å²) in [4.78, 5) is 55.8. The van der Waals surface area contributed by atoms with Crippen molar-refractivity contribution in [2.45, 2.75) is 78.4 Å². The maximum Gasteiger partial charge on any atom is 0.292 e. The number of nitrogens with zero attached hydrogens (tertiary/aromatic N) is 1. The van der Waals surface area contributed by atoms with Crippen LogP contribution in [-0.2, 0) is 19.2 Å². The molecule has 8 nitrogen and oxygen atoms in total. The minimum Gasteiger partial charge on any atom is -0.344 e. The first-order chi connectivity index (χ1) is 14.8. The van der Waals surface area contributed by atoms with Crippen LogP contribution in [0.3, 0.4) is 0 Å². The van der Waals surface area contributed by atoms with Crippen LogP contribution in [0.4, 0.5) is 0 Å². The summed E-state index contributed by atoms with van der Waals surface area (Å²) in [6.07, 6.45) is 3.51. The van der Waals surface area contributed by atoms with Crippen molar-refractivity contribution >= 4 is 44.7 Å². The molecule has 180 valence electrons. The van der Waals surface area contributed by atoms with E-state index in [1.54, 1.807) is 4.90 Å². The molecule has 3 rings (SSSR count). The molecule has 2 saturated carbocycles. The van der Waals surface area contributed by atoms with Crippen molar-refractivity contribution < 1.29 is 19.2 Å². The van der Waals surface area contributed by atoms with Gasteiger partial charge in [-0.25, -0.2) is 4.84 Å². The second-order valence-corrected chi connectivity index (χ2v) is 11.7. The number of nitrogens with one attached hydrogen (secondary N) is 3. The van der Waals surface area contributed by atoms with Gasteiger partial charge in [0.1, 0.15) is 12.1 Å². The summed E-state index contributed by atoms with van der Waals surface area (Å²) >= 11 is 5.92. The third-order valence-corrected chi connectivity index (χ3v) is 8.24. The molecule has 0 spiro atoms. The van der Waals surface area contributed by atoms with E-state index in [4.69, 9.17) is 11.8 Å². The van der Waals surface area contributed by atoms with E-state index in [0.717, 1.165) is 19.3 Å². The Morgan fingerprint density at radius 3 is 2.28 bits per heavy atom. The summed E-state index contributed by atoms with van der Waals surface area (Å²) < 4.78 is 0. The van der Waals surface area contributed by atoms with Gasteiger partial charge in [0.25, 0.3) is 5.91 Å². The van der Waals surface area contributed by atoms with Crippen LogP contribution in [0.2, 0.25) is 0 Å². The fourth-order valence-electron chi connectivity index (χ4n) is 5.34. The van der Waals surface area contributed by atoms with Crippen LogP contribution in [0.25, 0.3) is 0 Å². The molecule has 0 aromatic rings. The number of halogens is 1. The Bertz CT molecular complexity index is 795. The van der Waals surface area contributed by atoms with Crippen LogP contribution in [0.1, 0.15) is 60.3 Å². The first kappa shape index (κ1) is 25.4. The average Bonchev–Trinajstić information content (AvgIpc) is 3.03. The number of amides is 3. The first-order valence-corrected chi connectivity index (χ1v) is 12.3. The van der Waals surface area contributed by atoms with E-state index in [9.17, 15) is 19.2 Å². The van der Waals surface area contributed by atoms with E-state index >= 15 is 0 Å². The Morgan fingerprint density at radius 1 is 1.19 bits per heavy atom. The van der Waals surface area contributed by atoms with Crippen molar-refractivity contribution in [3.8, 4) is 0 Å². The van der Waals surface area contributed by atoms with Crippen molar-refractivity contribution in [3.63, 3.8) is 0 Å². The number of ketones is 1. The Balaban J connectivity index is 1.82. The summed E-state index contributed by atoms with van der Waals surface area (Å²) in [7, 11) is 2.03. The molecule has 0 aromatic carbocycles. The van der Waals surface area contributed by atoms with Gasteiger partial charge in [-0.3, -0.25) is 19.2 Å². The van der Waals surface area contributed by atoms with Gasteiger partial charge in [0, 0.05) is 6.54 Å². The van der Waals surface area contributed by atoms with Crippen LogP contribution in [0.15, 0.2) is 0 Å². The second-order valence-electron chi connectivity index (χ2n) is 11.2. The van der Waals surface area contributed by atoms with Crippen molar-refractivity contribution in [3.05, 3.63) is 0 Å². The molecule has 1 aliphatic heterocycles. The molecule has 1 heterocycles. The maximum absolute atomic E-state index is 13.5. The quantitative estimate of drug-likeness (QED) is 0.275. The van der Waals surface area contributed by atoms with Gasteiger partial charge >= 0.3 is 0 Å². The van der Waals surface area contributed by atoms with Crippen LogP contribution in [0.5, 0.6) is 0 Å². The number of carbonyl (C=O) groups is 4. The molecule has 3 aliphatic rings. The van der Waals surface area contributed by atoms with E-state index < -0.39 is 35.2 Å². The molecule has 0 radical (unpaired) electrons. The molecule has 3 fully saturated rings. The highest BCUT2D eigenvalue weighted by molar-refractivity contribution is 7.15. The van der Waals surface area contributed by atoms with E-state index in [2.05, 4.69) is 29.1 Å². The molecule has 1 saturated heterocycles. The van der Waals surface area contributed by atoms with Crippen molar-refractivity contribution in [1.29, 1.82) is 0 Å². The number of likely N-dealkylation sites (tertiary alicyclic amines) is 1. The van der Waals surface area contributed by atoms with E-state index in [1.807, 2.05) is 30.2 Å². The van der Waals surface area contributed by atoms with Crippen molar-refractivity contribution in [2.24, 2.45) is 28.6 Å². The number of rotatable bonds is 8. The third-order valence-electron chi connectivity index (χ3n) is 7.76. The molecule has 2 aliphatic carbocycles. The molecule has 32 heavy (non-hydrogen) atoms. The Labute approximate surface area is 197 Å². The van der Waals surface area contributed by atoms with Gasteiger partial charge < -0.3 is 15.3 Å². The fourth-order valence-corrected chi connectivity index (χ4v) is 5.90. The Kier molecular flexibility index (Phi) is 7.29. The summed E-state index contributed by atoms with van der Waals surface area (Å²) in [5.41, 5.74) is -0.503. The van der Waals surface area contributed by atoms with Crippen LogP contribution >= 0.6 is 21.2 Å². The van der Waals surface area contributed by atoms with Crippen LogP contribution < -0.4 is 15.2 Å². The summed E-state index contributed by atoms with van der Waals surface area (Å²) in [5.74, 6) is -1.45. The number of Topliss-reactive ketones (excluding diaryl/α,β-unsaturated/α-hetero) is 1. The maximum atomic E-state index is 13.5. The predicted molar refractivity (Wildman–Crippen MR) is 125 cm³/mol. The minimum atomic E-state index is -0.893. The molecule has 0 bridgehead atoms. The van der Waals surface area contributed by atoms with Gasteiger partial charge in [0.05, 0.1) is 6.04 Å². The molecule has 6 atom stereocenters. The fraction of sp³-hybridized carbons (Fsp3) is 0.818. The van der Waals surface area contributed by atoms with Crippen molar-refractivity contribution in [2.75, 3.05) is 6.54 Å². The molecular weight excluding hydrogens is 451 g/mol.